The third kappa shape index (κ3) is 3.64. The van der Waals surface area contributed by atoms with Gasteiger partial charge in [-0.25, -0.2) is 0 Å². The Kier molecular flexibility index (Phi) is 4.35. The minimum Gasteiger partial charge on any atom is -0.354 e. The second kappa shape index (κ2) is 5.32. The highest BCUT2D eigenvalue weighted by Crippen LogP contribution is 1.96. The molecule has 0 aromatic heterocycles. The number of hydrogen-bond acceptors (Lipinski definition) is 3. The average molecular weight is 199 g/mol. The SMILES string of the molecule is CC(C)CNC(=O)C1CN(C)CCN1. The van der Waals surface area contributed by atoms with Crippen LogP contribution in [-0.4, -0.2) is 50.1 Å². The van der Waals surface area contributed by atoms with E-state index in [1.165, 1.54) is 0 Å². The van der Waals surface area contributed by atoms with Crippen LogP contribution < -0.4 is 10.6 Å². The van der Waals surface area contributed by atoms with E-state index in [4.69, 9.17) is 0 Å². The summed E-state index contributed by atoms with van der Waals surface area (Å²) in [5.74, 6) is 0.644. The highest BCUT2D eigenvalue weighted by molar-refractivity contribution is 5.82. The molecule has 1 aliphatic rings. The van der Waals surface area contributed by atoms with E-state index in [0.29, 0.717) is 5.92 Å². The Hall–Kier alpha value is -0.610. The summed E-state index contributed by atoms with van der Waals surface area (Å²) in [5, 5.41) is 6.16. The van der Waals surface area contributed by atoms with Crippen LogP contribution in [0.3, 0.4) is 0 Å². The van der Waals surface area contributed by atoms with Crippen molar-refractivity contribution < 1.29 is 4.79 Å². The van der Waals surface area contributed by atoms with Gasteiger partial charge >= 0.3 is 0 Å². The van der Waals surface area contributed by atoms with Gasteiger partial charge in [0.1, 0.15) is 0 Å². The fourth-order valence-electron chi connectivity index (χ4n) is 1.50. The minimum atomic E-state index is -0.0347. The summed E-state index contributed by atoms with van der Waals surface area (Å²) in [6, 6.07) is -0.0347. The first-order valence-corrected chi connectivity index (χ1v) is 5.29. The summed E-state index contributed by atoms with van der Waals surface area (Å²) in [4.78, 5) is 13.8. The summed E-state index contributed by atoms with van der Waals surface area (Å²) >= 11 is 0. The van der Waals surface area contributed by atoms with Crippen LogP contribution in [-0.2, 0) is 4.79 Å². The van der Waals surface area contributed by atoms with Crippen molar-refractivity contribution in [1.82, 2.24) is 15.5 Å². The number of nitrogens with zero attached hydrogens (tertiary/aromatic N) is 1. The number of nitrogens with one attached hydrogen (secondary N) is 2. The molecule has 82 valence electrons. The van der Waals surface area contributed by atoms with Gasteiger partial charge in [-0.1, -0.05) is 13.8 Å². The molecule has 0 radical (unpaired) electrons. The van der Waals surface area contributed by atoms with Gasteiger partial charge in [-0.2, -0.15) is 0 Å². The molecule has 1 fully saturated rings. The molecular weight excluding hydrogens is 178 g/mol. The first-order chi connectivity index (χ1) is 6.59. The summed E-state index contributed by atoms with van der Waals surface area (Å²) in [6.45, 7) is 7.69. The Morgan fingerprint density at radius 1 is 1.64 bits per heavy atom. The molecule has 0 aromatic carbocycles. The van der Waals surface area contributed by atoms with Gasteiger partial charge in [-0.15, -0.1) is 0 Å². The van der Waals surface area contributed by atoms with E-state index in [1.807, 2.05) is 7.05 Å². The average Bonchev–Trinajstić information content (AvgIpc) is 2.14. The zero-order chi connectivity index (χ0) is 10.6. The number of piperazine rings is 1. The van der Waals surface area contributed by atoms with Crippen LogP contribution in [0.15, 0.2) is 0 Å². The highest BCUT2D eigenvalue weighted by Gasteiger charge is 2.22. The number of rotatable bonds is 3. The predicted molar refractivity (Wildman–Crippen MR) is 57.1 cm³/mol. The monoisotopic (exact) mass is 199 g/mol. The van der Waals surface area contributed by atoms with Gasteiger partial charge < -0.3 is 15.5 Å². The standard InChI is InChI=1S/C10H21N3O/c1-8(2)6-12-10(14)9-7-13(3)5-4-11-9/h8-9,11H,4-7H2,1-3H3,(H,12,14). The van der Waals surface area contributed by atoms with Crippen LogP contribution in [0.1, 0.15) is 13.8 Å². The van der Waals surface area contributed by atoms with Crippen LogP contribution in [0.5, 0.6) is 0 Å². The van der Waals surface area contributed by atoms with Gasteiger partial charge in [0.05, 0.1) is 6.04 Å². The van der Waals surface area contributed by atoms with Crippen molar-refractivity contribution in [2.45, 2.75) is 19.9 Å². The topological polar surface area (TPSA) is 44.4 Å². The number of likely N-dealkylation sites (N-methyl/N-ethyl adjacent to an activating group) is 1. The van der Waals surface area contributed by atoms with Crippen molar-refractivity contribution in [1.29, 1.82) is 0 Å². The first-order valence-electron chi connectivity index (χ1n) is 5.29. The Morgan fingerprint density at radius 3 is 2.93 bits per heavy atom. The van der Waals surface area contributed by atoms with Gasteiger partial charge in [-0.3, -0.25) is 4.79 Å². The third-order valence-electron chi connectivity index (χ3n) is 2.38. The normalized spacial score (nSPS) is 23.9. The van der Waals surface area contributed by atoms with Gasteiger partial charge in [0.25, 0.3) is 0 Å². The minimum absolute atomic E-state index is 0.0347. The Labute approximate surface area is 86.0 Å². The van der Waals surface area contributed by atoms with Crippen LogP contribution in [0.25, 0.3) is 0 Å². The quantitative estimate of drug-likeness (QED) is 0.654. The van der Waals surface area contributed by atoms with Crippen molar-refractivity contribution in [3.63, 3.8) is 0 Å². The lowest BCUT2D eigenvalue weighted by molar-refractivity contribution is -0.124. The molecule has 1 atom stereocenters. The fraction of sp³-hybridized carbons (Fsp3) is 0.900. The van der Waals surface area contributed by atoms with Crippen LogP contribution in [0.4, 0.5) is 0 Å². The highest BCUT2D eigenvalue weighted by atomic mass is 16.2. The van der Waals surface area contributed by atoms with Crippen molar-refractivity contribution in [2.75, 3.05) is 33.2 Å². The molecule has 1 saturated heterocycles. The van der Waals surface area contributed by atoms with E-state index in [9.17, 15) is 4.79 Å². The summed E-state index contributed by atoms with van der Waals surface area (Å²) in [5.41, 5.74) is 0. The molecule has 14 heavy (non-hydrogen) atoms. The fourth-order valence-corrected chi connectivity index (χ4v) is 1.50. The molecule has 1 rings (SSSR count). The lowest BCUT2D eigenvalue weighted by Gasteiger charge is -2.30. The molecule has 0 aromatic rings. The van der Waals surface area contributed by atoms with E-state index in [1.54, 1.807) is 0 Å². The van der Waals surface area contributed by atoms with Crippen LogP contribution in [0.2, 0.25) is 0 Å². The Balaban J connectivity index is 2.29. The van der Waals surface area contributed by atoms with Crippen LogP contribution in [0, 0.1) is 5.92 Å². The number of hydrogen-bond donors (Lipinski definition) is 2. The summed E-state index contributed by atoms with van der Waals surface area (Å²) in [6.07, 6.45) is 0. The molecule has 4 nitrogen and oxygen atoms in total. The van der Waals surface area contributed by atoms with E-state index in [2.05, 4.69) is 29.4 Å². The van der Waals surface area contributed by atoms with Crippen molar-refractivity contribution in [2.24, 2.45) is 5.92 Å². The predicted octanol–water partition coefficient (Wildman–Crippen LogP) is -0.338. The molecule has 0 spiro atoms. The Bertz CT molecular complexity index is 194. The maximum atomic E-state index is 11.6. The molecule has 2 N–H and O–H groups in total. The van der Waals surface area contributed by atoms with Crippen molar-refractivity contribution >= 4 is 5.91 Å². The molecule has 0 aliphatic carbocycles. The number of carbonyl (C=O) groups excluding carboxylic acids is 1. The molecule has 0 bridgehead atoms. The van der Waals surface area contributed by atoms with E-state index >= 15 is 0 Å². The van der Waals surface area contributed by atoms with Gasteiger partial charge in [0.2, 0.25) is 5.91 Å². The zero-order valence-electron chi connectivity index (χ0n) is 9.34. The maximum absolute atomic E-state index is 11.6. The van der Waals surface area contributed by atoms with Gasteiger partial charge in [0, 0.05) is 26.2 Å². The molecule has 4 heteroatoms. The lowest BCUT2D eigenvalue weighted by Crippen LogP contribution is -2.56. The number of carbonyl (C=O) groups is 1. The molecule has 0 saturated carbocycles. The molecule has 1 amide bonds. The molecule has 1 unspecified atom stereocenters. The Morgan fingerprint density at radius 2 is 2.36 bits per heavy atom. The lowest BCUT2D eigenvalue weighted by atomic mass is 10.2. The van der Waals surface area contributed by atoms with E-state index in [-0.39, 0.29) is 11.9 Å². The largest absolute Gasteiger partial charge is 0.354 e. The van der Waals surface area contributed by atoms with Gasteiger partial charge in [-0.05, 0) is 13.0 Å². The van der Waals surface area contributed by atoms with E-state index < -0.39 is 0 Å². The summed E-state index contributed by atoms with van der Waals surface area (Å²) < 4.78 is 0. The van der Waals surface area contributed by atoms with Gasteiger partial charge in [0.15, 0.2) is 0 Å². The summed E-state index contributed by atoms with van der Waals surface area (Å²) in [7, 11) is 2.05. The third-order valence-corrected chi connectivity index (χ3v) is 2.38. The first kappa shape index (κ1) is 11.5. The van der Waals surface area contributed by atoms with Crippen LogP contribution >= 0.6 is 0 Å². The van der Waals surface area contributed by atoms with Crippen molar-refractivity contribution in [3.8, 4) is 0 Å². The van der Waals surface area contributed by atoms with Crippen molar-refractivity contribution in [3.05, 3.63) is 0 Å². The smallest absolute Gasteiger partial charge is 0.238 e. The molecular formula is C10H21N3O. The molecule has 1 aliphatic heterocycles. The van der Waals surface area contributed by atoms with E-state index in [0.717, 1.165) is 26.2 Å². The molecule has 1 heterocycles. The maximum Gasteiger partial charge on any atom is 0.238 e. The second-order valence-corrected chi connectivity index (χ2v) is 4.41. The second-order valence-electron chi connectivity index (χ2n) is 4.41. The number of amides is 1. The zero-order valence-corrected chi connectivity index (χ0v) is 9.34.